The van der Waals surface area contributed by atoms with Gasteiger partial charge in [-0.15, -0.1) is 0 Å². The third-order valence-electron chi connectivity index (χ3n) is 5.14. The Labute approximate surface area is 150 Å². The van der Waals surface area contributed by atoms with E-state index < -0.39 is 5.60 Å². The summed E-state index contributed by atoms with van der Waals surface area (Å²) in [4.78, 5) is 12.0. The van der Waals surface area contributed by atoms with Gasteiger partial charge >= 0.3 is 0 Å². The fourth-order valence-electron chi connectivity index (χ4n) is 3.23. The monoisotopic (exact) mass is 342 g/mol. The van der Waals surface area contributed by atoms with Crippen LogP contribution in [-0.2, 0) is 4.79 Å². The Balaban J connectivity index is 3.40. The van der Waals surface area contributed by atoms with Gasteiger partial charge in [0.2, 0.25) is 0 Å². The van der Waals surface area contributed by atoms with E-state index in [9.17, 15) is 9.90 Å². The number of aliphatic hydroxyl groups is 2. The van der Waals surface area contributed by atoms with Crippen LogP contribution in [0.25, 0.3) is 0 Å². The Hall–Kier alpha value is -0.410. The lowest BCUT2D eigenvalue weighted by atomic mass is 9.88. The maximum Gasteiger partial charge on any atom is 0.164 e. The zero-order valence-corrected chi connectivity index (χ0v) is 16.3. The molecule has 0 bridgehead atoms. The lowest BCUT2D eigenvalue weighted by molar-refractivity contribution is -0.139. The molecule has 2 N–H and O–H groups in total. The third kappa shape index (κ3) is 12.0. The molecule has 0 aromatic heterocycles. The molecule has 1 atom stereocenters. The maximum atomic E-state index is 12.0. The number of Topliss-reactive ketones (excluding diaryl/α,β-unsaturated/α-hetero) is 1. The van der Waals surface area contributed by atoms with E-state index in [4.69, 9.17) is 5.11 Å². The second-order valence-corrected chi connectivity index (χ2v) is 7.27. The molecule has 0 rings (SSSR count). The van der Waals surface area contributed by atoms with Crippen LogP contribution in [0.4, 0.5) is 0 Å². The van der Waals surface area contributed by atoms with Gasteiger partial charge in [-0.3, -0.25) is 4.79 Å². The fraction of sp³-hybridized carbons (Fsp3) is 0.952. The number of carbonyl (C=O) groups is 1. The molecule has 0 amide bonds. The van der Waals surface area contributed by atoms with E-state index in [0.717, 1.165) is 12.8 Å². The molecule has 0 spiro atoms. The summed E-state index contributed by atoms with van der Waals surface area (Å²) in [7, 11) is 0. The summed E-state index contributed by atoms with van der Waals surface area (Å²) in [5, 5.41) is 19.1. The summed E-state index contributed by atoms with van der Waals surface area (Å²) in [6, 6.07) is 0. The number of aliphatic hydroxyl groups excluding tert-OH is 1. The minimum atomic E-state index is -1.30. The zero-order valence-electron chi connectivity index (χ0n) is 16.3. The second-order valence-electron chi connectivity index (χ2n) is 7.27. The maximum absolute atomic E-state index is 12.0. The highest BCUT2D eigenvalue weighted by atomic mass is 16.3. The number of hydrogen-bond acceptors (Lipinski definition) is 3. The Bertz CT molecular complexity index is 291. The predicted octanol–water partition coefficient (Wildman–Crippen LogP) is 5.56. The van der Waals surface area contributed by atoms with Crippen LogP contribution in [0.5, 0.6) is 0 Å². The molecule has 0 aliphatic rings. The first-order chi connectivity index (χ1) is 11.6. The van der Waals surface area contributed by atoms with Crippen molar-refractivity contribution in [1.82, 2.24) is 0 Å². The largest absolute Gasteiger partial charge is 0.396 e. The molecular formula is C21H42O3. The van der Waals surface area contributed by atoms with Crippen LogP contribution in [0, 0.1) is 0 Å². The van der Waals surface area contributed by atoms with Crippen LogP contribution in [0.15, 0.2) is 0 Å². The highest BCUT2D eigenvalue weighted by Gasteiger charge is 2.31. The first kappa shape index (κ1) is 23.6. The van der Waals surface area contributed by atoms with E-state index in [0.29, 0.717) is 12.8 Å². The van der Waals surface area contributed by atoms with Crippen molar-refractivity contribution in [3.8, 4) is 0 Å². The lowest BCUT2D eigenvalue weighted by Crippen LogP contribution is -2.38. The summed E-state index contributed by atoms with van der Waals surface area (Å²) >= 11 is 0. The molecule has 3 heteroatoms. The molecule has 0 aliphatic carbocycles. The number of hydrogen-bond donors (Lipinski definition) is 2. The molecule has 0 aliphatic heterocycles. The standard InChI is InChI=1S/C21H42O3/c1-3-5-6-7-8-9-10-11-12-13-14-15-16-17-20(23)21(24,4-2)18-19-22/h22,24H,3-19H2,1-2H3. The lowest BCUT2D eigenvalue weighted by Gasteiger charge is -2.24. The van der Waals surface area contributed by atoms with Crippen molar-refractivity contribution in [2.45, 2.75) is 122 Å². The molecular weight excluding hydrogens is 300 g/mol. The average molecular weight is 343 g/mol. The molecule has 0 radical (unpaired) electrons. The van der Waals surface area contributed by atoms with Gasteiger partial charge in [-0.1, -0.05) is 90.9 Å². The number of carbonyl (C=O) groups excluding carboxylic acids is 1. The van der Waals surface area contributed by atoms with E-state index in [1.165, 1.54) is 70.6 Å². The van der Waals surface area contributed by atoms with Crippen molar-refractivity contribution in [3.05, 3.63) is 0 Å². The topological polar surface area (TPSA) is 57.5 Å². The van der Waals surface area contributed by atoms with E-state index in [-0.39, 0.29) is 18.8 Å². The van der Waals surface area contributed by atoms with Crippen molar-refractivity contribution >= 4 is 5.78 Å². The molecule has 3 nitrogen and oxygen atoms in total. The third-order valence-corrected chi connectivity index (χ3v) is 5.14. The SMILES string of the molecule is CCCCCCCCCCCCCCCC(=O)C(O)(CC)CCO. The van der Waals surface area contributed by atoms with Crippen molar-refractivity contribution in [3.63, 3.8) is 0 Å². The van der Waals surface area contributed by atoms with E-state index >= 15 is 0 Å². The molecule has 1 unspecified atom stereocenters. The molecule has 0 fully saturated rings. The second kappa shape index (κ2) is 16.1. The van der Waals surface area contributed by atoms with Gasteiger partial charge in [0.15, 0.2) is 5.78 Å². The van der Waals surface area contributed by atoms with Gasteiger partial charge in [-0.05, 0) is 12.8 Å². The minimum Gasteiger partial charge on any atom is -0.396 e. The Kier molecular flexibility index (Phi) is 15.8. The normalized spacial score (nSPS) is 13.8. The fourth-order valence-corrected chi connectivity index (χ4v) is 3.23. The number of ketones is 1. The molecule has 0 saturated heterocycles. The van der Waals surface area contributed by atoms with E-state index in [1.807, 2.05) is 0 Å². The Morgan fingerprint density at radius 1 is 0.750 bits per heavy atom. The van der Waals surface area contributed by atoms with Crippen molar-refractivity contribution in [2.75, 3.05) is 6.61 Å². The van der Waals surface area contributed by atoms with Gasteiger partial charge in [-0.25, -0.2) is 0 Å². The van der Waals surface area contributed by atoms with Gasteiger partial charge in [0.1, 0.15) is 5.60 Å². The van der Waals surface area contributed by atoms with Gasteiger partial charge in [0.25, 0.3) is 0 Å². The summed E-state index contributed by atoms with van der Waals surface area (Å²) in [5.41, 5.74) is -1.30. The number of unbranched alkanes of at least 4 members (excludes halogenated alkanes) is 12. The van der Waals surface area contributed by atoms with Crippen LogP contribution < -0.4 is 0 Å². The van der Waals surface area contributed by atoms with Crippen molar-refractivity contribution in [2.24, 2.45) is 0 Å². The average Bonchev–Trinajstić information content (AvgIpc) is 2.58. The Morgan fingerprint density at radius 3 is 1.54 bits per heavy atom. The highest BCUT2D eigenvalue weighted by molar-refractivity contribution is 5.86. The van der Waals surface area contributed by atoms with Gasteiger partial charge in [0.05, 0.1) is 0 Å². The molecule has 0 heterocycles. The van der Waals surface area contributed by atoms with Gasteiger partial charge in [0, 0.05) is 19.4 Å². The quantitative estimate of drug-likeness (QED) is 0.321. The molecule has 0 saturated carbocycles. The van der Waals surface area contributed by atoms with Crippen molar-refractivity contribution < 1.29 is 15.0 Å². The van der Waals surface area contributed by atoms with E-state index in [1.54, 1.807) is 6.92 Å². The van der Waals surface area contributed by atoms with Gasteiger partial charge in [-0.2, -0.15) is 0 Å². The van der Waals surface area contributed by atoms with Gasteiger partial charge < -0.3 is 10.2 Å². The van der Waals surface area contributed by atoms with Crippen LogP contribution in [-0.4, -0.2) is 28.2 Å². The van der Waals surface area contributed by atoms with Crippen molar-refractivity contribution in [1.29, 1.82) is 0 Å². The Morgan fingerprint density at radius 2 is 1.17 bits per heavy atom. The van der Waals surface area contributed by atoms with Crippen LogP contribution >= 0.6 is 0 Å². The minimum absolute atomic E-state index is 0.0953. The molecule has 0 aromatic rings. The first-order valence-corrected chi connectivity index (χ1v) is 10.5. The summed E-state index contributed by atoms with van der Waals surface area (Å²) < 4.78 is 0. The predicted molar refractivity (Wildman–Crippen MR) is 102 cm³/mol. The molecule has 24 heavy (non-hydrogen) atoms. The van der Waals surface area contributed by atoms with Crippen LogP contribution in [0.2, 0.25) is 0 Å². The van der Waals surface area contributed by atoms with Crippen LogP contribution in [0.3, 0.4) is 0 Å². The summed E-state index contributed by atoms with van der Waals surface area (Å²) in [6.45, 7) is 3.93. The smallest absolute Gasteiger partial charge is 0.164 e. The zero-order chi connectivity index (χ0) is 18.1. The summed E-state index contributed by atoms with van der Waals surface area (Å²) in [5.74, 6) is -0.0953. The molecule has 0 aromatic carbocycles. The highest BCUT2D eigenvalue weighted by Crippen LogP contribution is 2.20. The molecule has 144 valence electrons. The van der Waals surface area contributed by atoms with Crippen LogP contribution in [0.1, 0.15) is 117 Å². The number of rotatable bonds is 18. The summed E-state index contributed by atoms with van der Waals surface area (Å²) in [6.07, 6.45) is 17.7. The first-order valence-electron chi connectivity index (χ1n) is 10.5. The van der Waals surface area contributed by atoms with E-state index in [2.05, 4.69) is 6.92 Å².